The van der Waals surface area contributed by atoms with E-state index in [-0.39, 0.29) is 18.5 Å². The number of rotatable bonds is 8. The van der Waals surface area contributed by atoms with Gasteiger partial charge in [0.15, 0.2) is 0 Å². The number of hydrogen-bond acceptors (Lipinski definition) is 8. The summed E-state index contributed by atoms with van der Waals surface area (Å²) in [6.45, 7) is 1.96. The second kappa shape index (κ2) is 11.9. The van der Waals surface area contributed by atoms with Crippen LogP contribution in [0.5, 0.6) is 11.5 Å². The first-order valence-corrected chi connectivity index (χ1v) is 11.9. The van der Waals surface area contributed by atoms with Gasteiger partial charge in [0, 0.05) is 38.8 Å². The molecule has 1 saturated carbocycles. The summed E-state index contributed by atoms with van der Waals surface area (Å²) in [5.41, 5.74) is -0.548. The molecule has 1 aliphatic rings. The standard InChI is InChI=1S/C24H27F6N5O4/c1-13-32-19(11-20(33-13)35(2)3)34-15-6-4-14(5-7-15)12-31-21(36)17-9-8-16(39-24(28,29)30)10-18(17)38-22(37)23(25,26)27/h8-11,14-15H,4-7,12H2,1-3H3,(H,31,36)(H,32,33,34). The maximum atomic E-state index is 12.7. The van der Waals surface area contributed by atoms with Gasteiger partial charge >= 0.3 is 18.5 Å². The molecule has 0 atom stereocenters. The van der Waals surface area contributed by atoms with Gasteiger partial charge in [0.1, 0.15) is 29.0 Å². The summed E-state index contributed by atoms with van der Waals surface area (Å²) >= 11 is 0. The van der Waals surface area contributed by atoms with Crippen LogP contribution < -0.4 is 25.0 Å². The van der Waals surface area contributed by atoms with Crippen molar-refractivity contribution in [2.75, 3.05) is 30.9 Å². The molecule has 2 N–H and O–H groups in total. The van der Waals surface area contributed by atoms with Crippen LogP contribution in [-0.2, 0) is 4.79 Å². The first-order valence-electron chi connectivity index (χ1n) is 11.9. The Balaban J connectivity index is 1.60. The molecule has 9 nitrogen and oxygen atoms in total. The highest BCUT2D eigenvalue weighted by Crippen LogP contribution is 2.31. The van der Waals surface area contributed by atoms with Crippen LogP contribution in [0.25, 0.3) is 0 Å². The van der Waals surface area contributed by atoms with Crippen LogP contribution in [0.2, 0.25) is 0 Å². The van der Waals surface area contributed by atoms with E-state index in [0.717, 1.165) is 43.6 Å². The van der Waals surface area contributed by atoms with Crippen LogP contribution in [0.1, 0.15) is 41.9 Å². The van der Waals surface area contributed by atoms with Crippen LogP contribution >= 0.6 is 0 Å². The molecule has 15 heteroatoms. The van der Waals surface area contributed by atoms with Gasteiger partial charge in [-0.1, -0.05) is 0 Å². The van der Waals surface area contributed by atoms with E-state index in [1.54, 1.807) is 6.92 Å². The second-order valence-electron chi connectivity index (χ2n) is 9.22. The molecular weight excluding hydrogens is 536 g/mol. The number of carbonyl (C=O) groups is 2. The summed E-state index contributed by atoms with van der Waals surface area (Å²) in [5.74, 6) is -3.44. The Morgan fingerprint density at radius 1 is 1.03 bits per heavy atom. The number of anilines is 2. The maximum Gasteiger partial charge on any atom is 0.573 e. The average Bonchev–Trinajstić information content (AvgIpc) is 2.81. The van der Waals surface area contributed by atoms with Crippen molar-refractivity contribution in [1.82, 2.24) is 15.3 Å². The summed E-state index contributed by atoms with van der Waals surface area (Å²) < 4.78 is 83.4. The lowest BCUT2D eigenvalue weighted by Gasteiger charge is -2.30. The van der Waals surface area contributed by atoms with Crippen molar-refractivity contribution in [1.29, 1.82) is 0 Å². The van der Waals surface area contributed by atoms with E-state index in [1.807, 2.05) is 25.1 Å². The number of benzene rings is 1. The fraction of sp³-hybridized carbons (Fsp3) is 0.500. The lowest BCUT2D eigenvalue weighted by molar-refractivity contribution is -0.274. The van der Waals surface area contributed by atoms with Crippen molar-refractivity contribution < 1.29 is 45.4 Å². The quantitative estimate of drug-likeness (QED) is 0.273. The van der Waals surface area contributed by atoms with E-state index < -0.39 is 41.5 Å². The van der Waals surface area contributed by atoms with Gasteiger partial charge < -0.3 is 25.0 Å². The number of aromatic nitrogens is 2. The summed E-state index contributed by atoms with van der Waals surface area (Å²) in [6, 6.07) is 3.91. The van der Waals surface area contributed by atoms with E-state index in [2.05, 4.69) is 30.1 Å². The molecule has 2 aromatic rings. The zero-order chi connectivity index (χ0) is 29.0. The molecule has 0 bridgehead atoms. The number of carbonyl (C=O) groups excluding carboxylic acids is 2. The topological polar surface area (TPSA) is 106 Å². The number of hydrogen-bond donors (Lipinski definition) is 2. The second-order valence-corrected chi connectivity index (χ2v) is 9.22. The number of nitrogens with zero attached hydrogens (tertiary/aromatic N) is 3. The fourth-order valence-corrected chi connectivity index (χ4v) is 4.04. The Labute approximate surface area is 219 Å². The summed E-state index contributed by atoms with van der Waals surface area (Å²) in [7, 11) is 3.75. The van der Waals surface area contributed by atoms with Gasteiger partial charge in [0.05, 0.1) is 5.56 Å². The zero-order valence-corrected chi connectivity index (χ0v) is 21.2. The highest BCUT2D eigenvalue weighted by Gasteiger charge is 2.42. The van der Waals surface area contributed by atoms with Gasteiger partial charge in [-0.3, -0.25) is 4.79 Å². The lowest BCUT2D eigenvalue weighted by atomic mass is 9.86. The van der Waals surface area contributed by atoms with E-state index in [4.69, 9.17) is 0 Å². The first-order chi connectivity index (χ1) is 18.1. The first kappa shape index (κ1) is 29.8. The molecule has 0 spiro atoms. The summed E-state index contributed by atoms with van der Waals surface area (Å²) in [6.07, 6.45) is -7.62. The predicted octanol–water partition coefficient (Wildman–Crippen LogP) is 4.62. The van der Waals surface area contributed by atoms with Crippen LogP contribution in [0.15, 0.2) is 24.3 Å². The largest absolute Gasteiger partial charge is 0.573 e. The summed E-state index contributed by atoms with van der Waals surface area (Å²) in [4.78, 5) is 34.6. The van der Waals surface area contributed by atoms with Crippen molar-refractivity contribution in [2.45, 2.75) is 51.2 Å². The van der Waals surface area contributed by atoms with Gasteiger partial charge in [0.2, 0.25) is 0 Å². The van der Waals surface area contributed by atoms with Crippen LogP contribution in [-0.4, -0.2) is 61.1 Å². The third kappa shape index (κ3) is 8.89. The third-order valence-corrected chi connectivity index (χ3v) is 5.90. The molecule has 3 rings (SSSR count). The number of nitrogens with one attached hydrogen (secondary N) is 2. The molecule has 0 aliphatic heterocycles. The van der Waals surface area contributed by atoms with Crippen LogP contribution in [0, 0.1) is 12.8 Å². The SMILES string of the molecule is Cc1nc(NC2CCC(CNC(=O)c3ccc(OC(F)(F)F)cc3OC(=O)C(F)(F)F)CC2)cc(N(C)C)n1. The van der Waals surface area contributed by atoms with Gasteiger partial charge in [-0.25, -0.2) is 14.8 Å². The number of aryl methyl sites for hydroxylation is 1. The molecule has 1 aromatic heterocycles. The smallest absolute Gasteiger partial charge is 0.419 e. The Hall–Kier alpha value is -3.78. The van der Waals surface area contributed by atoms with Gasteiger partial charge in [-0.05, 0) is 50.7 Å². The number of amides is 1. The third-order valence-electron chi connectivity index (χ3n) is 5.90. The Kier molecular flexibility index (Phi) is 9.12. The van der Waals surface area contributed by atoms with Gasteiger partial charge in [0.25, 0.3) is 5.91 Å². The lowest BCUT2D eigenvalue weighted by Crippen LogP contribution is -2.34. The van der Waals surface area contributed by atoms with Crippen molar-refractivity contribution >= 4 is 23.5 Å². The monoisotopic (exact) mass is 563 g/mol. The number of ether oxygens (including phenoxy) is 2. The predicted molar refractivity (Wildman–Crippen MR) is 128 cm³/mol. The van der Waals surface area contributed by atoms with Crippen molar-refractivity contribution in [2.24, 2.45) is 5.92 Å². The molecule has 1 aromatic carbocycles. The van der Waals surface area contributed by atoms with Gasteiger partial charge in [-0.15, -0.1) is 13.2 Å². The Morgan fingerprint density at radius 2 is 1.69 bits per heavy atom. The van der Waals surface area contributed by atoms with Gasteiger partial charge in [-0.2, -0.15) is 13.2 Å². The molecule has 0 unspecified atom stereocenters. The Bertz CT molecular complexity index is 1180. The minimum Gasteiger partial charge on any atom is -0.419 e. The van der Waals surface area contributed by atoms with E-state index >= 15 is 0 Å². The minimum absolute atomic E-state index is 0.0467. The molecule has 1 amide bonds. The fourth-order valence-electron chi connectivity index (χ4n) is 4.04. The van der Waals surface area contributed by atoms with Crippen molar-refractivity contribution in [3.8, 4) is 11.5 Å². The number of esters is 1. The normalized spacial score (nSPS) is 17.8. The summed E-state index contributed by atoms with van der Waals surface area (Å²) in [5, 5.41) is 5.95. The number of halogens is 6. The molecule has 1 fully saturated rings. The molecule has 1 heterocycles. The minimum atomic E-state index is -5.43. The van der Waals surface area contributed by atoms with E-state index in [0.29, 0.717) is 17.7 Å². The molecule has 39 heavy (non-hydrogen) atoms. The molecule has 0 radical (unpaired) electrons. The average molecular weight is 563 g/mol. The van der Waals surface area contributed by atoms with Crippen molar-refractivity contribution in [3.63, 3.8) is 0 Å². The molecule has 214 valence electrons. The number of alkyl halides is 6. The molecule has 1 aliphatic carbocycles. The zero-order valence-electron chi connectivity index (χ0n) is 21.2. The van der Waals surface area contributed by atoms with E-state index in [1.165, 1.54) is 0 Å². The molecular formula is C24H27F6N5O4. The van der Waals surface area contributed by atoms with Crippen LogP contribution in [0.3, 0.4) is 0 Å². The highest BCUT2D eigenvalue weighted by molar-refractivity contribution is 5.98. The van der Waals surface area contributed by atoms with E-state index in [9.17, 15) is 35.9 Å². The Morgan fingerprint density at radius 3 is 2.28 bits per heavy atom. The highest BCUT2D eigenvalue weighted by atomic mass is 19.4. The van der Waals surface area contributed by atoms with Crippen molar-refractivity contribution in [3.05, 3.63) is 35.7 Å². The maximum absolute atomic E-state index is 12.7. The molecule has 0 saturated heterocycles. The van der Waals surface area contributed by atoms with Crippen LogP contribution in [0.4, 0.5) is 38.0 Å².